The first kappa shape index (κ1) is 17.0. The van der Waals surface area contributed by atoms with E-state index in [1.54, 1.807) is 17.0 Å². The molecule has 3 heterocycles. The van der Waals surface area contributed by atoms with Gasteiger partial charge in [0.05, 0.1) is 29.4 Å². The summed E-state index contributed by atoms with van der Waals surface area (Å²) in [6.45, 7) is 3.13. The van der Waals surface area contributed by atoms with Crippen molar-refractivity contribution in [2.75, 3.05) is 23.4 Å². The number of fused-ring (bicyclic) bond motifs is 2. The van der Waals surface area contributed by atoms with E-state index in [0.29, 0.717) is 37.3 Å². The lowest BCUT2D eigenvalue weighted by Crippen LogP contribution is -2.24. The Balaban J connectivity index is 1.59. The Morgan fingerprint density at radius 1 is 1.36 bits per heavy atom. The van der Waals surface area contributed by atoms with Crippen molar-refractivity contribution in [3.63, 3.8) is 0 Å². The molecule has 1 amide bonds. The number of aryl methyl sites for hydroxylation is 1. The lowest BCUT2D eigenvalue weighted by atomic mass is 9.99. The van der Waals surface area contributed by atoms with Crippen LogP contribution >= 0.6 is 0 Å². The van der Waals surface area contributed by atoms with Gasteiger partial charge >= 0.3 is 0 Å². The van der Waals surface area contributed by atoms with Crippen molar-refractivity contribution >= 4 is 28.3 Å². The number of nitrogens with zero attached hydrogens (tertiary/aromatic N) is 2. The fraction of sp³-hybridized carbons (Fsp3) is 0.333. The van der Waals surface area contributed by atoms with Crippen LogP contribution in [0, 0.1) is 12.7 Å². The molecule has 2 N–H and O–H groups in total. The van der Waals surface area contributed by atoms with Crippen molar-refractivity contribution in [3.8, 4) is 5.75 Å². The van der Waals surface area contributed by atoms with E-state index in [9.17, 15) is 9.18 Å². The van der Waals surface area contributed by atoms with Gasteiger partial charge in [-0.3, -0.25) is 4.79 Å². The molecule has 2 aliphatic heterocycles. The van der Waals surface area contributed by atoms with E-state index in [4.69, 9.17) is 4.74 Å². The van der Waals surface area contributed by atoms with Crippen molar-refractivity contribution in [3.05, 3.63) is 47.5 Å². The van der Waals surface area contributed by atoms with Crippen LogP contribution in [0.5, 0.6) is 5.75 Å². The Hall–Kier alpha value is -3.09. The summed E-state index contributed by atoms with van der Waals surface area (Å²) in [7, 11) is 0. The molecule has 1 fully saturated rings. The third-order valence-electron chi connectivity index (χ3n) is 5.43. The van der Waals surface area contributed by atoms with Gasteiger partial charge in [0.25, 0.3) is 0 Å². The maximum absolute atomic E-state index is 14.5. The summed E-state index contributed by atoms with van der Waals surface area (Å²) in [6.07, 6.45) is 2.08. The summed E-state index contributed by atoms with van der Waals surface area (Å²) < 4.78 is 20.2. The molecule has 28 heavy (non-hydrogen) atoms. The lowest BCUT2D eigenvalue weighted by molar-refractivity contribution is -0.117. The molecule has 1 aromatic heterocycles. The highest BCUT2D eigenvalue weighted by Gasteiger charge is 2.27. The third kappa shape index (κ3) is 2.78. The van der Waals surface area contributed by atoms with Gasteiger partial charge in [0.15, 0.2) is 0 Å². The van der Waals surface area contributed by atoms with Crippen molar-refractivity contribution in [1.29, 1.82) is 0 Å². The number of amides is 1. The Kier molecular flexibility index (Phi) is 3.96. The molecule has 1 saturated heterocycles. The number of rotatable bonds is 3. The number of carbonyl (C=O) groups excluding carboxylic acids is 1. The summed E-state index contributed by atoms with van der Waals surface area (Å²) in [6, 6.07) is 8.58. The van der Waals surface area contributed by atoms with Crippen LogP contribution in [-0.4, -0.2) is 29.0 Å². The van der Waals surface area contributed by atoms with E-state index in [-0.39, 0.29) is 17.8 Å². The highest BCUT2D eigenvalue weighted by atomic mass is 19.1. The molecule has 7 heteroatoms. The second-order valence-corrected chi connectivity index (χ2v) is 7.35. The van der Waals surface area contributed by atoms with Gasteiger partial charge in [-0.15, -0.1) is 0 Å². The first-order valence-corrected chi connectivity index (χ1v) is 9.58. The predicted molar refractivity (Wildman–Crippen MR) is 105 cm³/mol. The predicted octanol–water partition coefficient (Wildman–Crippen LogP) is 4.07. The van der Waals surface area contributed by atoms with E-state index in [0.717, 1.165) is 34.7 Å². The van der Waals surface area contributed by atoms with Crippen molar-refractivity contribution in [2.24, 2.45) is 0 Å². The van der Waals surface area contributed by atoms with Crippen LogP contribution < -0.4 is 15.0 Å². The summed E-state index contributed by atoms with van der Waals surface area (Å²) in [5, 5.41) is 3.47. The van der Waals surface area contributed by atoms with E-state index in [1.165, 1.54) is 6.07 Å². The number of ether oxygens (including phenoxy) is 1. The van der Waals surface area contributed by atoms with Gasteiger partial charge in [-0.25, -0.2) is 9.37 Å². The molecule has 144 valence electrons. The van der Waals surface area contributed by atoms with Gasteiger partial charge in [-0.05, 0) is 37.6 Å². The summed E-state index contributed by atoms with van der Waals surface area (Å²) in [5.74, 6) is 1.21. The maximum Gasteiger partial charge on any atom is 0.227 e. The first-order chi connectivity index (χ1) is 13.6. The Labute approximate surface area is 161 Å². The van der Waals surface area contributed by atoms with Crippen LogP contribution in [0.1, 0.15) is 36.7 Å². The van der Waals surface area contributed by atoms with Crippen LogP contribution in [0.2, 0.25) is 0 Å². The molecule has 2 aromatic carbocycles. The number of benzene rings is 2. The quantitative estimate of drug-likeness (QED) is 0.719. The third-order valence-corrected chi connectivity index (χ3v) is 5.43. The number of aromatic amines is 1. The van der Waals surface area contributed by atoms with E-state index in [1.807, 2.05) is 19.1 Å². The smallest absolute Gasteiger partial charge is 0.227 e. The molecule has 0 aliphatic carbocycles. The molecule has 1 unspecified atom stereocenters. The fourth-order valence-electron chi connectivity index (χ4n) is 4.16. The molecule has 0 saturated carbocycles. The van der Waals surface area contributed by atoms with Crippen LogP contribution in [0.25, 0.3) is 11.0 Å². The van der Waals surface area contributed by atoms with Crippen LogP contribution in [0.15, 0.2) is 30.3 Å². The number of imidazole rings is 1. The van der Waals surface area contributed by atoms with E-state index >= 15 is 0 Å². The Bertz CT molecular complexity index is 1080. The fourth-order valence-corrected chi connectivity index (χ4v) is 4.16. The number of nitrogens with one attached hydrogen (secondary N) is 2. The van der Waals surface area contributed by atoms with Gasteiger partial charge in [-0.1, -0.05) is 6.07 Å². The zero-order valence-electron chi connectivity index (χ0n) is 15.6. The molecule has 2 aliphatic rings. The topological polar surface area (TPSA) is 70.2 Å². The second-order valence-electron chi connectivity index (χ2n) is 7.35. The number of halogens is 1. The molecular formula is C21H21FN4O2. The maximum atomic E-state index is 14.5. The summed E-state index contributed by atoms with van der Waals surface area (Å²) in [5.41, 5.74) is 3.81. The Morgan fingerprint density at radius 2 is 2.25 bits per heavy atom. The van der Waals surface area contributed by atoms with E-state index in [2.05, 4.69) is 15.3 Å². The van der Waals surface area contributed by atoms with Gasteiger partial charge in [0.1, 0.15) is 22.9 Å². The van der Waals surface area contributed by atoms with Crippen LogP contribution in [0.3, 0.4) is 0 Å². The number of anilines is 2. The van der Waals surface area contributed by atoms with Crippen molar-refractivity contribution in [1.82, 2.24) is 9.97 Å². The second kappa shape index (κ2) is 6.51. The standard InChI is InChI=1S/C21H21FN4O2/c1-12-23-16-10-13(26-8-3-6-19(26)27)11-17(21(16)24-12)25-15-7-9-28-18-5-2-4-14(22)20(15)18/h2,4-5,10-11,15,25H,3,6-9H2,1H3,(H,23,24). The van der Waals surface area contributed by atoms with Crippen molar-refractivity contribution < 1.29 is 13.9 Å². The molecule has 0 spiro atoms. The molecule has 0 radical (unpaired) electrons. The highest BCUT2D eigenvalue weighted by molar-refractivity contribution is 6.00. The average Bonchev–Trinajstić information content (AvgIpc) is 3.26. The van der Waals surface area contributed by atoms with Crippen LogP contribution in [0.4, 0.5) is 15.8 Å². The molecule has 0 bridgehead atoms. The molecule has 5 rings (SSSR count). The largest absolute Gasteiger partial charge is 0.493 e. The van der Waals surface area contributed by atoms with Gasteiger partial charge in [0.2, 0.25) is 5.91 Å². The first-order valence-electron chi connectivity index (χ1n) is 9.58. The zero-order valence-corrected chi connectivity index (χ0v) is 15.6. The van der Waals surface area contributed by atoms with E-state index < -0.39 is 0 Å². The summed E-state index contributed by atoms with van der Waals surface area (Å²) in [4.78, 5) is 21.9. The monoisotopic (exact) mass is 380 g/mol. The lowest BCUT2D eigenvalue weighted by Gasteiger charge is -2.28. The Morgan fingerprint density at radius 3 is 3.07 bits per heavy atom. The average molecular weight is 380 g/mol. The van der Waals surface area contributed by atoms with Crippen molar-refractivity contribution in [2.45, 2.75) is 32.2 Å². The minimum Gasteiger partial charge on any atom is -0.493 e. The molecule has 6 nitrogen and oxygen atoms in total. The minimum atomic E-state index is -0.282. The SMILES string of the molecule is Cc1nc2c(NC3CCOc4cccc(F)c43)cc(N3CCCC3=O)cc2[nH]1. The zero-order chi connectivity index (χ0) is 19.3. The minimum absolute atomic E-state index is 0.129. The molecular weight excluding hydrogens is 359 g/mol. The number of hydrogen-bond donors (Lipinski definition) is 2. The van der Waals surface area contributed by atoms with Crippen LogP contribution in [-0.2, 0) is 4.79 Å². The molecule has 3 aromatic rings. The summed E-state index contributed by atoms with van der Waals surface area (Å²) >= 11 is 0. The van der Waals surface area contributed by atoms with Gasteiger partial charge in [0, 0.05) is 25.1 Å². The highest BCUT2D eigenvalue weighted by Crippen LogP contribution is 2.39. The number of aromatic nitrogens is 2. The van der Waals surface area contributed by atoms with Gasteiger partial charge in [-0.2, -0.15) is 0 Å². The normalized spacial score (nSPS) is 19.0. The number of H-pyrrole nitrogens is 1. The molecule has 1 atom stereocenters. The number of hydrogen-bond acceptors (Lipinski definition) is 4. The van der Waals surface area contributed by atoms with Gasteiger partial charge < -0.3 is 19.9 Å². The number of carbonyl (C=O) groups is 1.